The normalized spacial score (nSPS) is 20.4. The number of guanidine groups is 1. The molecule has 0 aromatic heterocycles. The van der Waals surface area contributed by atoms with Gasteiger partial charge in [0.15, 0.2) is 5.96 Å². The quantitative estimate of drug-likeness (QED) is 0.340. The van der Waals surface area contributed by atoms with Gasteiger partial charge in [0, 0.05) is 39.4 Å². The molecule has 0 aromatic carbocycles. The molecule has 1 saturated carbocycles. The lowest BCUT2D eigenvalue weighted by atomic mass is 9.67. The number of rotatable bonds is 7. The van der Waals surface area contributed by atoms with Crippen LogP contribution >= 0.6 is 24.0 Å². The van der Waals surface area contributed by atoms with E-state index in [1.54, 1.807) is 12.0 Å². The summed E-state index contributed by atoms with van der Waals surface area (Å²) in [4.78, 5) is 18.0. The summed E-state index contributed by atoms with van der Waals surface area (Å²) in [6.45, 7) is 5.20. The van der Waals surface area contributed by atoms with Gasteiger partial charge in [-0.1, -0.05) is 6.42 Å². The van der Waals surface area contributed by atoms with E-state index in [4.69, 9.17) is 15.2 Å². The molecule has 2 fully saturated rings. The molecule has 2 rings (SSSR count). The number of likely N-dealkylation sites (tertiary alicyclic amines) is 1. The Balaban J connectivity index is 0.00000312. The Morgan fingerprint density at radius 1 is 1.36 bits per heavy atom. The van der Waals surface area contributed by atoms with Crippen LogP contribution in [-0.2, 0) is 9.47 Å². The highest BCUT2D eigenvalue weighted by molar-refractivity contribution is 14.0. The minimum absolute atomic E-state index is 0. The maximum absolute atomic E-state index is 11.7. The first-order valence-electron chi connectivity index (χ1n) is 9.05. The Kier molecular flexibility index (Phi) is 9.84. The van der Waals surface area contributed by atoms with Crippen molar-refractivity contribution in [3.8, 4) is 0 Å². The number of carbonyl (C=O) groups excluding carboxylic acids is 1. The van der Waals surface area contributed by atoms with Crippen LogP contribution in [0.25, 0.3) is 0 Å². The first-order chi connectivity index (χ1) is 11.6. The molecule has 1 aliphatic carbocycles. The van der Waals surface area contributed by atoms with E-state index in [1.807, 2.05) is 6.92 Å². The Hall–Kier alpha value is -0.770. The molecular formula is C17H33IN4O3. The fraction of sp³-hybridized carbons (Fsp3) is 0.882. The number of nitrogens with zero attached hydrogens (tertiary/aromatic N) is 2. The molecule has 0 aromatic rings. The summed E-state index contributed by atoms with van der Waals surface area (Å²) in [5.41, 5.74) is 6.35. The maximum Gasteiger partial charge on any atom is 0.409 e. The summed E-state index contributed by atoms with van der Waals surface area (Å²) in [5, 5.41) is 3.30. The van der Waals surface area contributed by atoms with Crippen LogP contribution in [0, 0.1) is 5.41 Å². The number of carbonyl (C=O) groups is 1. The van der Waals surface area contributed by atoms with E-state index in [1.165, 1.54) is 19.3 Å². The third kappa shape index (κ3) is 6.80. The first-order valence-corrected chi connectivity index (χ1v) is 9.05. The minimum Gasteiger partial charge on any atom is -0.450 e. The molecule has 1 amide bonds. The van der Waals surface area contributed by atoms with Crippen molar-refractivity contribution in [3.63, 3.8) is 0 Å². The number of ether oxygens (including phenoxy) is 2. The van der Waals surface area contributed by atoms with Crippen molar-refractivity contribution in [2.75, 3.05) is 40.0 Å². The third-order valence-electron chi connectivity index (χ3n) is 5.21. The van der Waals surface area contributed by atoms with Gasteiger partial charge in [-0.05, 0) is 44.4 Å². The van der Waals surface area contributed by atoms with Crippen molar-refractivity contribution in [2.24, 2.45) is 16.1 Å². The van der Waals surface area contributed by atoms with Crippen LogP contribution in [0.5, 0.6) is 0 Å². The van der Waals surface area contributed by atoms with Crippen LogP contribution in [0.15, 0.2) is 4.99 Å². The number of hydrogen-bond acceptors (Lipinski definition) is 4. The van der Waals surface area contributed by atoms with Crippen molar-refractivity contribution < 1.29 is 14.3 Å². The average molecular weight is 468 g/mol. The summed E-state index contributed by atoms with van der Waals surface area (Å²) < 4.78 is 10.2. The van der Waals surface area contributed by atoms with E-state index in [-0.39, 0.29) is 41.5 Å². The predicted octanol–water partition coefficient (Wildman–Crippen LogP) is 2.34. The number of nitrogens with one attached hydrogen (secondary N) is 1. The lowest BCUT2D eigenvalue weighted by Crippen LogP contribution is -2.49. The van der Waals surface area contributed by atoms with Crippen LogP contribution in [0.4, 0.5) is 4.79 Å². The van der Waals surface area contributed by atoms with E-state index in [2.05, 4.69) is 10.3 Å². The Labute approximate surface area is 168 Å². The molecule has 1 heterocycles. The van der Waals surface area contributed by atoms with Crippen molar-refractivity contribution in [3.05, 3.63) is 0 Å². The van der Waals surface area contributed by atoms with E-state index in [0.29, 0.717) is 25.7 Å². The molecule has 3 N–H and O–H groups in total. The van der Waals surface area contributed by atoms with Gasteiger partial charge in [-0.2, -0.15) is 0 Å². The maximum atomic E-state index is 11.7. The Morgan fingerprint density at radius 3 is 2.56 bits per heavy atom. The van der Waals surface area contributed by atoms with Gasteiger partial charge < -0.3 is 25.4 Å². The van der Waals surface area contributed by atoms with E-state index in [0.717, 1.165) is 32.4 Å². The summed E-state index contributed by atoms with van der Waals surface area (Å²) in [6, 6.07) is 0.274. The van der Waals surface area contributed by atoms with Crippen LogP contribution in [0.2, 0.25) is 0 Å². The lowest BCUT2D eigenvalue weighted by molar-refractivity contribution is 0.0778. The Bertz CT molecular complexity index is 436. The number of piperidine rings is 1. The van der Waals surface area contributed by atoms with Gasteiger partial charge in [-0.25, -0.2) is 4.79 Å². The number of aliphatic imine (C=N–C) groups is 1. The van der Waals surface area contributed by atoms with Crippen LogP contribution in [0.1, 0.15) is 45.4 Å². The summed E-state index contributed by atoms with van der Waals surface area (Å²) >= 11 is 0. The number of amides is 1. The minimum atomic E-state index is -0.220. The second-order valence-corrected chi connectivity index (χ2v) is 6.90. The highest BCUT2D eigenvalue weighted by atomic mass is 127. The fourth-order valence-electron chi connectivity index (χ4n) is 3.41. The SMILES string of the molecule is CCOC(=O)N1CCC(NC(N)=NCC2(CCOC)CCC2)CC1.I. The molecule has 25 heavy (non-hydrogen) atoms. The molecule has 0 unspecified atom stereocenters. The summed E-state index contributed by atoms with van der Waals surface area (Å²) in [5.74, 6) is 0.522. The standard InChI is InChI=1S/C17H32N4O3.HI/c1-3-24-16(22)21-10-5-14(6-11-21)20-15(18)19-13-17(7-4-8-17)9-12-23-2;/h14H,3-13H2,1-2H3,(H3,18,19,20);1H. The highest BCUT2D eigenvalue weighted by Gasteiger charge is 2.36. The average Bonchev–Trinajstić information content (AvgIpc) is 2.54. The van der Waals surface area contributed by atoms with Gasteiger partial charge in [-0.15, -0.1) is 24.0 Å². The molecule has 0 bridgehead atoms. The van der Waals surface area contributed by atoms with Crippen LogP contribution < -0.4 is 11.1 Å². The zero-order chi connectivity index (χ0) is 17.4. The fourth-order valence-corrected chi connectivity index (χ4v) is 3.41. The van der Waals surface area contributed by atoms with Crippen LogP contribution in [0.3, 0.4) is 0 Å². The van der Waals surface area contributed by atoms with Gasteiger partial charge in [0.25, 0.3) is 0 Å². The molecule has 1 aliphatic heterocycles. The molecule has 0 spiro atoms. The largest absolute Gasteiger partial charge is 0.450 e. The van der Waals surface area contributed by atoms with E-state index in [9.17, 15) is 4.79 Å². The second kappa shape index (κ2) is 11.1. The molecule has 1 saturated heterocycles. The third-order valence-corrected chi connectivity index (χ3v) is 5.21. The van der Waals surface area contributed by atoms with E-state index < -0.39 is 0 Å². The number of methoxy groups -OCH3 is 1. The number of halogens is 1. The van der Waals surface area contributed by atoms with E-state index >= 15 is 0 Å². The molecule has 2 aliphatic rings. The second-order valence-electron chi connectivity index (χ2n) is 6.90. The highest BCUT2D eigenvalue weighted by Crippen LogP contribution is 2.44. The van der Waals surface area contributed by atoms with Gasteiger partial charge >= 0.3 is 6.09 Å². The molecular weight excluding hydrogens is 435 g/mol. The lowest BCUT2D eigenvalue weighted by Gasteiger charge is -2.40. The van der Waals surface area contributed by atoms with Crippen molar-refractivity contribution in [2.45, 2.75) is 51.5 Å². The predicted molar refractivity (Wildman–Crippen MR) is 109 cm³/mol. The van der Waals surface area contributed by atoms with Crippen molar-refractivity contribution in [1.82, 2.24) is 10.2 Å². The molecule has 146 valence electrons. The van der Waals surface area contributed by atoms with Gasteiger partial charge in [0.05, 0.1) is 6.61 Å². The molecule has 8 heteroatoms. The monoisotopic (exact) mass is 468 g/mol. The first kappa shape index (κ1) is 22.3. The Morgan fingerprint density at radius 2 is 2.04 bits per heavy atom. The number of nitrogens with two attached hydrogens (primary N) is 1. The number of hydrogen-bond donors (Lipinski definition) is 2. The van der Waals surface area contributed by atoms with Gasteiger partial charge in [0.1, 0.15) is 0 Å². The van der Waals surface area contributed by atoms with Crippen molar-refractivity contribution >= 4 is 36.0 Å². The molecule has 7 nitrogen and oxygen atoms in total. The molecule has 0 radical (unpaired) electrons. The van der Waals surface area contributed by atoms with Gasteiger partial charge in [0.2, 0.25) is 0 Å². The zero-order valence-corrected chi connectivity index (χ0v) is 17.8. The summed E-state index contributed by atoms with van der Waals surface area (Å²) in [7, 11) is 1.74. The van der Waals surface area contributed by atoms with Gasteiger partial charge in [-0.3, -0.25) is 4.99 Å². The van der Waals surface area contributed by atoms with Crippen LogP contribution in [-0.4, -0.2) is 63.0 Å². The summed E-state index contributed by atoms with van der Waals surface area (Å²) in [6.07, 6.45) is 6.27. The molecule has 0 atom stereocenters. The zero-order valence-electron chi connectivity index (χ0n) is 15.5. The van der Waals surface area contributed by atoms with Crippen molar-refractivity contribution in [1.29, 1.82) is 0 Å². The topological polar surface area (TPSA) is 89.2 Å². The smallest absolute Gasteiger partial charge is 0.409 e.